The molecule has 1 N–H and O–H groups in total. The van der Waals surface area contributed by atoms with Crippen molar-refractivity contribution < 1.29 is 23.7 Å². The molecule has 30 heavy (non-hydrogen) atoms. The number of methoxy groups -OCH3 is 1. The Morgan fingerprint density at radius 2 is 2.10 bits per heavy atom. The first-order chi connectivity index (χ1) is 14.5. The minimum Gasteiger partial charge on any atom is -0.490 e. The summed E-state index contributed by atoms with van der Waals surface area (Å²) in [5.74, 6) is 0.813. The molecule has 1 saturated heterocycles. The van der Waals surface area contributed by atoms with E-state index >= 15 is 0 Å². The lowest BCUT2D eigenvalue weighted by Crippen LogP contribution is -2.46. The molecule has 0 spiro atoms. The van der Waals surface area contributed by atoms with Crippen molar-refractivity contribution in [3.63, 3.8) is 0 Å². The number of piperidine rings is 1. The Labute approximate surface area is 177 Å². The second kappa shape index (κ2) is 10.1. The van der Waals surface area contributed by atoms with Gasteiger partial charge in [0.2, 0.25) is 5.91 Å². The van der Waals surface area contributed by atoms with Gasteiger partial charge in [0.25, 0.3) is 5.91 Å². The summed E-state index contributed by atoms with van der Waals surface area (Å²) in [7, 11) is 1.39. The molecular weight excluding hydrogens is 410 g/mol. The molecule has 0 aliphatic carbocycles. The summed E-state index contributed by atoms with van der Waals surface area (Å²) in [6.45, 7) is 1.16. The van der Waals surface area contributed by atoms with Crippen LogP contribution in [0.5, 0.6) is 5.75 Å². The molecule has 2 aromatic rings. The zero-order valence-corrected chi connectivity index (χ0v) is 17.4. The molecule has 9 nitrogen and oxygen atoms in total. The minimum absolute atomic E-state index is 0.0357. The lowest BCUT2D eigenvalue weighted by Gasteiger charge is -2.32. The second-order valence-corrected chi connectivity index (χ2v) is 7.89. The van der Waals surface area contributed by atoms with Gasteiger partial charge in [-0.2, -0.15) is 0 Å². The van der Waals surface area contributed by atoms with Gasteiger partial charge in [-0.25, -0.2) is 0 Å². The van der Waals surface area contributed by atoms with Crippen LogP contribution in [0.15, 0.2) is 41.2 Å². The lowest BCUT2D eigenvalue weighted by atomic mass is 10.0. The van der Waals surface area contributed by atoms with Crippen LogP contribution in [-0.2, 0) is 10.5 Å². The van der Waals surface area contributed by atoms with Crippen molar-refractivity contribution in [3.8, 4) is 5.75 Å². The van der Waals surface area contributed by atoms with Crippen LogP contribution < -0.4 is 10.1 Å². The van der Waals surface area contributed by atoms with Crippen molar-refractivity contribution in [2.45, 2.75) is 24.6 Å². The number of furan rings is 1. The highest BCUT2D eigenvalue weighted by atomic mass is 32.2. The van der Waals surface area contributed by atoms with Crippen LogP contribution in [0.2, 0.25) is 0 Å². The van der Waals surface area contributed by atoms with Crippen LogP contribution in [0, 0.1) is 10.1 Å². The van der Waals surface area contributed by atoms with E-state index in [1.165, 1.54) is 37.5 Å². The summed E-state index contributed by atoms with van der Waals surface area (Å²) >= 11 is 1.39. The molecule has 0 unspecified atom stereocenters. The molecule has 2 amide bonds. The largest absolute Gasteiger partial charge is 0.490 e. The summed E-state index contributed by atoms with van der Waals surface area (Å²) in [5.41, 5.74) is 1.20. The number of nitro groups is 1. The number of carbonyl (C=O) groups is 2. The van der Waals surface area contributed by atoms with E-state index in [0.717, 1.165) is 5.56 Å². The van der Waals surface area contributed by atoms with Crippen LogP contribution in [-0.4, -0.2) is 53.6 Å². The maximum absolute atomic E-state index is 12.3. The van der Waals surface area contributed by atoms with Crippen molar-refractivity contribution in [1.82, 2.24) is 10.2 Å². The molecule has 0 atom stereocenters. The number of rotatable bonds is 8. The average molecular weight is 433 g/mol. The molecule has 2 heterocycles. The average Bonchev–Trinajstić information content (AvgIpc) is 3.28. The van der Waals surface area contributed by atoms with Gasteiger partial charge >= 0.3 is 5.69 Å². The number of ether oxygens (including phenoxy) is 1. The van der Waals surface area contributed by atoms with Crippen molar-refractivity contribution >= 4 is 29.3 Å². The van der Waals surface area contributed by atoms with Gasteiger partial charge in [0.05, 0.1) is 29.6 Å². The number of carbonyl (C=O) groups excluding carboxylic acids is 2. The summed E-state index contributed by atoms with van der Waals surface area (Å²) in [6.07, 6.45) is 4.31. The molecule has 0 saturated carbocycles. The number of nitrogens with zero attached hydrogens (tertiary/aromatic N) is 2. The molecule has 10 heteroatoms. The number of hydrogen-bond acceptors (Lipinski definition) is 7. The zero-order valence-electron chi connectivity index (χ0n) is 16.5. The Hall–Kier alpha value is -3.01. The molecule has 1 aliphatic heterocycles. The van der Waals surface area contributed by atoms with Gasteiger partial charge < -0.3 is 19.4 Å². The van der Waals surface area contributed by atoms with E-state index < -0.39 is 4.92 Å². The monoisotopic (exact) mass is 433 g/mol. The Kier molecular flexibility index (Phi) is 7.34. The summed E-state index contributed by atoms with van der Waals surface area (Å²) < 4.78 is 9.94. The van der Waals surface area contributed by atoms with Gasteiger partial charge in [-0.3, -0.25) is 19.7 Å². The maximum Gasteiger partial charge on any atom is 0.311 e. The predicted molar refractivity (Wildman–Crippen MR) is 112 cm³/mol. The third kappa shape index (κ3) is 5.53. The van der Waals surface area contributed by atoms with E-state index in [1.807, 2.05) is 0 Å². The fourth-order valence-corrected chi connectivity index (χ4v) is 4.08. The van der Waals surface area contributed by atoms with E-state index in [1.54, 1.807) is 23.1 Å². The van der Waals surface area contributed by atoms with Crippen LogP contribution in [0.3, 0.4) is 0 Å². The normalized spacial score (nSPS) is 14.4. The van der Waals surface area contributed by atoms with Gasteiger partial charge in [-0.1, -0.05) is 6.07 Å². The fraction of sp³-hybridized carbons (Fsp3) is 0.400. The molecule has 1 aromatic heterocycles. The van der Waals surface area contributed by atoms with E-state index in [4.69, 9.17) is 9.15 Å². The summed E-state index contributed by atoms with van der Waals surface area (Å²) in [6, 6.07) is 6.46. The minimum atomic E-state index is -0.483. The topological polar surface area (TPSA) is 115 Å². The molecular formula is C20H23N3O6S. The van der Waals surface area contributed by atoms with Crippen LogP contribution in [0.1, 0.15) is 28.8 Å². The quantitative estimate of drug-likeness (QED) is 0.503. The molecule has 1 aliphatic rings. The molecule has 1 fully saturated rings. The van der Waals surface area contributed by atoms with Gasteiger partial charge in [0.15, 0.2) is 5.75 Å². The number of thioether (sulfide) groups is 1. The van der Waals surface area contributed by atoms with E-state index in [-0.39, 0.29) is 35.0 Å². The van der Waals surface area contributed by atoms with Crippen molar-refractivity contribution in [2.75, 3.05) is 26.0 Å². The standard InChI is InChI=1S/C20H23N3O6S/c1-28-18-3-2-14(10-17(18)23(26)27)12-30-13-19(24)21-16-4-7-22(8-5-16)20(25)15-6-9-29-11-15/h2-3,6,9-11,16H,4-5,7-8,12-13H2,1H3,(H,21,24). The van der Waals surface area contributed by atoms with Crippen LogP contribution in [0.4, 0.5) is 5.69 Å². The number of amides is 2. The highest BCUT2D eigenvalue weighted by Crippen LogP contribution is 2.29. The Morgan fingerprint density at radius 3 is 2.73 bits per heavy atom. The number of benzene rings is 1. The van der Waals surface area contributed by atoms with E-state index in [2.05, 4.69) is 5.32 Å². The molecule has 1 aromatic carbocycles. The summed E-state index contributed by atoms with van der Waals surface area (Å²) in [4.78, 5) is 36.9. The van der Waals surface area contributed by atoms with Gasteiger partial charge in [0.1, 0.15) is 6.26 Å². The highest BCUT2D eigenvalue weighted by Gasteiger charge is 2.25. The fourth-order valence-electron chi connectivity index (χ4n) is 3.29. The molecule has 0 radical (unpaired) electrons. The first-order valence-corrected chi connectivity index (χ1v) is 10.6. The van der Waals surface area contributed by atoms with Crippen LogP contribution in [0.25, 0.3) is 0 Å². The van der Waals surface area contributed by atoms with Crippen molar-refractivity contribution in [3.05, 3.63) is 58.0 Å². The maximum atomic E-state index is 12.3. The van der Waals surface area contributed by atoms with Gasteiger partial charge in [-0.15, -0.1) is 11.8 Å². The molecule has 0 bridgehead atoms. The number of hydrogen-bond donors (Lipinski definition) is 1. The Balaban J connectivity index is 1.40. The number of likely N-dealkylation sites (tertiary alicyclic amines) is 1. The van der Waals surface area contributed by atoms with Crippen molar-refractivity contribution in [2.24, 2.45) is 0 Å². The third-order valence-electron chi connectivity index (χ3n) is 4.86. The van der Waals surface area contributed by atoms with Gasteiger partial charge in [-0.05, 0) is 30.5 Å². The molecule has 160 valence electrons. The number of nitro benzene ring substituents is 1. The van der Waals surface area contributed by atoms with Gasteiger partial charge in [0, 0.05) is 31.0 Å². The Bertz CT molecular complexity index is 894. The van der Waals surface area contributed by atoms with Crippen LogP contribution >= 0.6 is 11.8 Å². The lowest BCUT2D eigenvalue weighted by molar-refractivity contribution is -0.385. The SMILES string of the molecule is COc1ccc(CSCC(=O)NC2CCN(C(=O)c3ccoc3)CC2)cc1[N+](=O)[O-]. The summed E-state index contributed by atoms with van der Waals surface area (Å²) in [5, 5.41) is 14.1. The van der Waals surface area contributed by atoms with E-state index in [0.29, 0.717) is 37.2 Å². The zero-order chi connectivity index (χ0) is 21.5. The predicted octanol–water partition coefficient (Wildman–Crippen LogP) is 2.85. The number of nitrogens with one attached hydrogen (secondary N) is 1. The third-order valence-corrected chi connectivity index (χ3v) is 5.86. The first-order valence-electron chi connectivity index (χ1n) is 9.48. The van der Waals surface area contributed by atoms with E-state index in [9.17, 15) is 19.7 Å². The Morgan fingerprint density at radius 1 is 1.33 bits per heavy atom. The first kappa shape index (κ1) is 21.7. The van der Waals surface area contributed by atoms with Crippen molar-refractivity contribution in [1.29, 1.82) is 0 Å². The molecule has 3 rings (SSSR count). The second-order valence-electron chi connectivity index (χ2n) is 6.90. The smallest absolute Gasteiger partial charge is 0.311 e. The highest BCUT2D eigenvalue weighted by molar-refractivity contribution is 7.99.